The molecule has 1 unspecified atom stereocenters. The van der Waals surface area contributed by atoms with Crippen molar-refractivity contribution in [2.75, 3.05) is 5.32 Å². The van der Waals surface area contributed by atoms with Crippen molar-refractivity contribution in [2.45, 2.75) is 45.6 Å². The van der Waals surface area contributed by atoms with Gasteiger partial charge in [-0.25, -0.2) is 4.52 Å². The zero-order valence-corrected chi connectivity index (χ0v) is 12.9. The Morgan fingerprint density at radius 3 is 3.00 bits per heavy atom. The Labute approximate surface area is 121 Å². The number of nitrogens with zero attached hydrogens (tertiary/aromatic N) is 3. The van der Waals surface area contributed by atoms with Gasteiger partial charge in [0.15, 0.2) is 5.65 Å². The molecule has 1 fully saturated rings. The van der Waals surface area contributed by atoms with Crippen molar-refractivity contribution in [1.29, 1.82) is 0 Å². The summed E-state index contributed by atoms with van der Waals surface area (Å²) < 4.78 is 2.78. The Hall–Kier alpha value is -1.10. The second kappa shape index (κ2) is 4.78. The van der Waals surface area contributed by atoms with Crippen LogP contribution < -0.4 is 5.32 Å². The summed E-state index contributed by atoms with van der Waals surface area (Å²) in [4.78, 5) is 4.57. The maximum atomic E-state index is 4.57. The number of hydrogen-bond acceptors (Lipinski definition) is 3. The molecule has 4 nitrogen and oxygen atoms in total. The molecule has 1 atom stereocenters. The average Bonchev–Trinajstić information content (AvgIpc) is 2.76. The highest BCUT2D eigenvalue weighted by Gasteiger charge is 2.32. The number of nitrogens with one attached hydrogen (secondary N) is 1. The maximum absolute atomic E-state index is 4.57. The van der Waals surface area contributed by atoms with Crippen LogP contribution in [0.25, 0.3) is 5.65 Å². The maximum Gasteiger partial charge on any atom is 0.243 e. The lowest BCUT2D eigenvalue weighted by Gasteiger charge is -2.38. The molecule has 1 aliphatic carbocycles. The summed E-state index contributed by atoms with van der Waals surface area (Å²) in [5.74, 6) is 0.729. The van der Waals surface area contributed by atoms with Crippen LogP contribution in [-0.4, -0.2) is 20.6 Å². The van der Waals surface area contributed by atoms with Crippen LogP contribution in [0.1, 0.15) is 39.5 Å². The van der Waals surface area contributed by atoms with Crippen molar-refractivity contribution in [1.82, 2.24) is 14.6 Å². The molecule has 0 radical (unpaired) electrons. The van der Waals surface area contributed by atoms with Gasteiger partial charge in [0.2, 0.25) is 5.95 Å². The SMILES string of the molecule is CC1(C)CCCCC1Nc1nc2c(Br)cccn2n1. The number of pyridine rings is 1. The topological polar surface area (TPSA) is 42.2 Å². The minimum absolute atomic E-state index is 0.312. The van der Waals surface area contributed by atoms with Gasteiger partial charge in [-0.2, -0.15) is 4.98 Å². The molecule has 0 amide bonds. The van der Waals surface area contributed by atoms with E-state index in [0.717, 1.165) is 16.1 Å². The lowest BCUT2D eigenvalue weighted by atomic mass is 9.73. The quantitative estimate of drug-likeness (QED) is 0.912. The smallest absolute Gasteiger partial charge is 0.243 e. The van der Waals surface area contributed by atoms with Crippen molar-refractivity contribution in [3.05, 3.63) is 22.8 Å². The van der Waals surface area contributed by atoms with Crippen LogP contribution in [0, 0.1) is 5.41 Å². The number of rotatable bonds is 2. The van der Waals surface area contributed by atoms with E-state index in [0.29, 0.717) is 11.5 Å². The molecule has 2 aromatic heterocycles. The first-order chi connectivity index (χ1) is 9.06. The van der Waals surface area contributed by atoms with E-state index in [1.54, 1.807) is 0 Å². The van der Waals surface area contributed by atoms with Gasteiger partial charge in [-0.05, 0) is 46.3 Å². The lowest BCUT2D eigenvalue weighted by Crippen LogP contribution is -2.39. The Morgan fingerprint density at radius 1 is 1.42 bits per heavy atom. The fourth-order valence-corrected chi connectivity index (χ4v) is 3.28. The molecule has 102 valence electrons. The van der Waals surface area contributed by atoms with E-state index in [4.69, 9.17) is 0 Å². The molecular formula is C14H19BrN4. The summed E-state index contributed by atoms with van der Waals surface area (Å²) in [5.41, 5.74) is 1.17. The molecule has 0 aliphatic heterocycles. The predicted molar refractivity (Wildman–Crippen MR) is 80.3 cm³/mol. The number of hydrogen-bond donors (Lipinski definition) is 1. The fourth-order valence-electron chi connectivity index (χ4n) is 2.85. The van der Waals surface area contributed by atoms with E-state index >= 15 is 0 Å². The molecule has 0 saturated heterocycles. The first-order valence-electron chi connectivity index (χ1n) is 6.84. The van der Waals surface area contributed by atoms with Gasteiger partial charge in [0.05, 0.1) is 4.47 Å². The van der Waals surface area contributed by atoms with Crippen molar-refractivity contribution >= 4 is 27.5 Å². The third-order valence-electron chi connectivity index (χ3n) is 4.13. The van der Waals surface area contributed by atoms with Crippen molar-refractivity contribution in [3.63, 3.8) is 0 Å². The highest BCUT2D eigenvalue weighted by Crippen LogP contribution is 2.36. The van der Waals surface area contributed by atoms with Gasteiger partial charge in [0.25, 0.3) is 0 Å². The molecule has 19 heavy (non-hydrogen) atoms. The standard InChI is InChI=1S/C14H19BrN4/c1-14(2)8-4-3-7-11(14)16-13-17-12-10(15)6-5-9-19(12)18-13/h5-6,9,11H,3-4,7-8H2,1-2H3,(H,16,18). The largest absolute Gasteiger partial charge is 0.350 e. The molecule has 1 aliphatic rings. The van der Waals surface area contributed by atoms with Crippen LogP contribution in [0.5, 0.6) is 0 Å². The van der Waals surface area contributed by atoms with Crippen molar-refractivity contribution in [2.24, 2.45) is 5.41 Å². The Bertz CT molecular complexity index is 590. The monoisotopic (exact) mass is 322 g/mol. The van der Waals surface area contributed by atoms with Crippen LogP contribution in [0.4, 0.5) is 5.95 Å². The minimum Gasteiger partial charge on any atom is -0.350 e. The molecule has 0 bridgehead atoms. The number of fused-ring (bicyclic) bond motifs is 1. The zero-order chi connectivity index (χ0) is 13.5. The van der Waals surface area contributed by atoms with Crippen molar-refractivity contribution < 1.29 is 0 Å². The first-order valence-corrected chi connectivity index (χ1v) is 7.63. The number of halogens is 1. The predicted octanol–water partition coefficient (Wildman–Crippen LogP) is 3.87. The third-order valence-corrected chi connectivity index (χ3v) is 4.74. The summed E-state index contributed by atoms with van der Waals surface area (Å²) in [5, 5.41) is 8.02. The summed E-state index contributed by atoms with van der Waals surface area (Å²) in [6.45, 7) is 4.66. The van der Waals surface area contributed by atoms with Crippen LogP contribution in [0.3, 0.4) is 0 Å². The summed E-state index contributed by atoms with van der Waals surface area (Å²) in [7, 11) is 0. The molecule has 0 aromatic carbocycles. The Kier molecular flexibility index (Phi) is 3.25. The summed E-state index contributed by atoms with van der Waals surface area (Å²) in [6.07, 6.45) is 7.00. The van der Waals surface area contributed by atoms with E-state index in [1.807, 2.05) is 22.8 Å². The fraction of sp³-hybridized carbons (Fsp3) is 0.571. The van der Waals surface area contributed by atoms with Crippen LogP contribution in [0.15, 0.2) is 22.8 Å². The van der Waals surface area contributed by atoms with Crippen LogP contribution >= 0.6 is 15.9 Å². The van der Waals surface area contributed by atoms with E-state index in [9.17, 15) is 0 Å². The van der Waals surface area contributed by atoms with Gasteiger partial charge in [-0.15, -0.1) is 5.10 Å². The molecule has 5 heteroatoms. The van der Waals surface area contributed by atoms with Gasteiger partial charge in [-0.1, -0.05) is 26.7 Å². The molecule has 1 N–H and O–H groups in total. The Morgan fingerprint density at radius 2 is 2.26 bits per heavy atom. The molecule has 3 rings (SSSR count). The highest BCUT2D eigenvalue weighted by molar-refractivity contribution is 9.10. The molecule has 0 spiro atoms. The van der Waals surface area contributed by atoms with E-state index in [1.165, 1.54) is 25.7 Å². The third kappa shape index (κ3) is 2.48. The van der Waals surface area contributed by atoms with Gasteiger partial charge in [0, 0.05) is 12.2 Å². The van der Waals surface area contributed by atoms with Crippen LogP contribution in [-0.2, 0) is 0 Å². The highest BCUT2D eigenvalue weighted by atomic mass is 79.9. The lowest BCUT2D eigenvalue weighted by molar-refractivity contribution is 0.216. The summed E-state index contributed by atoms with van der Waals surface area (Å²) >= 11 is 3.51. The first kappa shape index (κ1) is 12.9. The van der Waals surface area contributed by atoms with Gasteiger partial charge in [-0.3, -0.25) is 0 Å². The van der Waals surface area contributed by atoms with Gasteiger partial charge in [0.1, 0.15) is 0 Å². The zero-order valence-electron chi connectivity index (χ0n) is 11.4. The molecule has 2 aromatic rings. The Balaban J connectivity index is 1.87. The second-order valence-electron chi connectivity index (χ2n) is 5.99. The van der Waals surface area contributed by atoms with Crippen LogP contribution in [0.2, 0.25) is 0 Å². The van der Waals surface area contributed by atoms with Gasteiger partial charge >= 0.3 is 0 Å². The molecular weight excluding hydrogens is 304 g/mol. The van der Waals surface area contributed by atoms with E-state index in [2.05, 4.69) is 45.2 Å². The molecule has 1 saturated carbocycles. The molecule has 2 heterocycles. The second-order valence-corrected chi connectivity index (χ2v) is 6.85. The number of anilines is 1. The normalized spacial score (nSPS) is 22.6. The van der Waals surface area contributed by atoms with Crippen molar-refractivity contribution in [3.8, 4) is 0 Å². The average molecular weight is 323 g/mol. The van der Waals surface area contributed by atoms with E-state index in [-0.39, 0.29) is 0 Å². The minimum atomic E-state index is 0.312. The van der Waals surface area contributed by atoms with E-state index < -0.39 is 0 Å². The van der Waals surface area contributed by atoms with Gasteiger partial charge < -0.3 is 5.32 Å². The number of aromatic nitrogens is 3. The summed E-state index contributed by atoms with van der Waals surface area (Å²) in [6, 6.07) is 4.40.